The lowest BCUT2D eigenvalue weighted by molar-refractivity contribution is -0.384. The monoisotopic (exact) mass is 361 g/mol. The van der Waals surface area contributed by atoms with E-state index in [1.165, 1.54) is 30.0 Å². The molecule has 0 saturated carbocycles. The molecule has 136 valence electrons. The van der Waals surface area contributed by atoms with E-state index in [0.717, 1.165) is 18.7 Å². The van der Waals surface area contributed by atoms with Gasteiger partial charge in [-0.2, -0.15) is 0 Å². The Morgan fingerprint density at radius 3 is 2.48 bits per heavy atom. The Hall–Kier alpha value is -3.67. The Morgan fingerprint density at radius 1 is 1.04 bits per heavy atom. The van der Waals surface area contributed by atoms with Crippen molar-refractivity contribution in [3.63, 3.8) is 0 Å². The van der Waals surface area contributed by atoms with Crippen molar-refractivity contribution in [3.8, 4) is 5.75 Å². The molecule has 3 aromatic carbocycles. The Kier molecular flexibility index (Phi) is 5.79. The van der Waals surface area contributed by atoms with Crippen LogP contribution in [0.3, 0.4) is 0 Å². The number of non-ortho nitro benzene ring substituents is 1. The zero-order chi connectivity index (χ0) is 19.1. The van der Waals surface area contributed by atoms with Crippen molar-refractivity contribution < 1.29 is 10.0 Å². The average molecular weight is 361 g/mol. The van der Waals surface area contributed by atoms with E-state index in [2.05, 4.69) is 22.4 Å². The zero-order valence-electron chi connectivity index (χ0n) is 14.6. The van der Waals surface area contributed by atoms with Gasteiger partial charge >= 0.3 is 0 Å². The summed E-state index contributed by atoms with van der Waals surface area (Å²) in [7, 11) is 0. The summed E-state index contributed by atoms with van der Waals surface area (Å²) < 4.78 is 0. The third kappa shape index (κ3) is 5.15. The average Bonchev–Trinajstić information content (AvgIpc) is 2.69. The summed E-state index contributed by atoms with van der Waals surface area (Å²) >= 11 is 0. The van der Waals surface area contributed by atoms with Crippen LogP contribution in [0.2, 0.25) is 0 Å². The van der Waals surface area contributed by atoms with Crippen molar-refractivity contribution in [1.82, 2.24) is 0 Å². The fourth-order valence-corrected chi connectivity index (χ4v) is 2.56. The van der Waals surface area contributed by atoms with E-state index in [0.29, 0.717) is 11.3 Å². The highest BCUT2D eigenvalue weighted by molar-refractivity contribution is 5.86. The fraction of sp³-hybridized carbons (Fsp3) is 0.0952. The standard InChI is InChI=1S/C21H19N3O3/c25-21-11-10-20(24(26)27)14-17(21)15-23-19-8-6-18(7-9-19)22-13-12-16-4-2-1-3-5-16/h1-11,14-15,22,25H,12-13H2. The van der Waals surface area contributed by atoms with Crippen molar-refractivity contribution in [2.24, 2.45) is 4.99 Å². The summed E-state index contributed by atoms with van der Waals surface area (Å²) in [6, 6.07) is 21.6. The molecular formula is C21H19N3O3. The number of phenols is 1. The maximum atomic E-state index is 10.8. The van der Waals surface area contributed by atoms with Crippen LogP contribution < -0.4 is 5.32 Å². The zero-order valence-corrected chi connectivity index (χ0v) is 14.6. The molecule has 0 bridgehead atoms. The van der Waals surface area contributed by atoms with Crippen LogP contribution in [0.15, 0.2) is 77.8 Å². The lowest BCUT2D eigenvalue weighted by Gasteiger charge is -2.06. The van der Waals surface area contributed by atoms with Crippen molar-refractivity contribution in [2.45, 2.75) is 6.42 Å². The van der Waals surface area contributed by atoms with E-state index in [1.807, 2.05) is 42.5 Å². The predicted molar refractivity (Wildman–Crippen MR) is 107 cm³/mol. The van der Waals surface area contributed by atoms with Crippen LogP contribution in [-0.4, -0.2) is 22.8 Å². The number of nitrogens with one attached hydrogen (secondary N) is 1. The second-order valence-corrected chi connectivity index (χ2v) is 5.97. The van der Waals surface area contributed by atoms with Gasteiger partial charge < -0.3 is 10.4 Å². The Bertz CT molecular complexity index is 939. The lowest BCUT2D eigenvalue weighted by Crippen LogP contribution is -2.04. The number of aliphatic imine (C=N–C) groups is 1. The molecule has 0 spiro atoms. The van der Waals surface area contributed by atoms with E-state index in [4.69, 9.17) is 0 Å². The van der Waals surface area contributed by atoms with Crippen LogP contribution in [-0.2, 0) is 6.42 Å². The SMILES string of the molecule is O=[N+]([O-])c1ccc(O)c(C=Nc2ccc(NCCc3ccccc3)cc2)c1. The lowest BCUT2D eigenvalue weighted by atomic mass is 10.1. The highest BCUT2D eigenvalue weighted by Gasteiger charge is 2.08. The summed E-state index contributed by atoms with van der Waals surface area (Å²) in [6.45, 7) is 0.828. The number of phenolic OH excluding ortho intramolecular Hbond substituents is 1. The van der Waals surface area contributed by atoms with Crippen LogP contribution in [0.4, 0.5) is 17.1 Å². The number of benzene rings is 3. The van der Waals surface area contributed by atoms with Crippen LogP contribution in [0.5, 0.6) is 5.75 Å². The van der Waals surface area contributed by atoms with Gasteiger partial charge in [0, 0.05) is 36.1 Å². The molecule has 0 aliphatic heterocycles. The van der Waals surface area contributed by atoms with Crippen LogP contribution >= 0.6 is 0 Å². The molecule has 0 aliphatic rings. The van der Waals surface area contributed by atoms with Gasteiger partial charge in [0.2, 0.25) is 0 Å². The van der Waals surface area contributed by atoms with Gasteiger partial charge in [-0.05, 0) is 42.3 Å². The van der Waals surface area contributed by atoms with E-state index in [-0.39, 0.29) is 11.4 Å². The van der Waals surface area contributed by atoms with Gasteiger partial charge in [0.1, 0.15) is 5.75 Å². The molecule has 0 atom stereocenters. The molecule has 6 nitrogen and oxygen atoms in total. The first-order valence-electron chi connectivity index (χ1n) is 8.51. The minimum absolute atomic E-state index is 0.0523. The van der Waals surface area contributed by atoms with E-state index in [1.54, 1.807) is 0 Å². The first-order valence-corrected chi connectivity index (χ1v) is 8.51. The molecule has 0 unspecified atom stereocenters. The maximum Gasteiger partial charge on any atom is 0.270 e. The number of anilines is 1. The Balaban J connectivity index is 1.60. The number of hydrogen-bond donors (Lipinski definition) is 2. The minimum atomic E-state index is -0.507. The Labute approximate surface area is 157 Å². The molecule has 3 aromatic rings. The maximum absolute atomic E-state index is 10.8. The summed E-state index contributed by atoms with van der Waals surface area (Å²) in [4.78, 5) is 14.6. The number of rotatable bonds is 7. The second-order valence-electron chi connectivity index (χ2n) is 5.97. The number of nitro groups is 1. The molecule has 0 amide bonds. The van der Waals surface area contributed by atoms with Gasteiger partial charge in [0.25, 0.3) is 5.69 Å². The molecule has 2 N–H and O–H groups in total. The highest BCUT2D eigenvalue weighted by atomic mass is 16.6. The molecule has 6 heteroatoms. The molecule has 0 aromatic heterocycles. The van der Waals surface area contributed by atoms with E-state index in [9.17, 15) is 15.2 Å². The Morgan fingerprint density at radius 2 is 1.78 bits per heavy atom. The molecule has 0 radical (unpaired) electrons. The minimum Gasteiger partial charge on any atom is -0.507 e. The first kappa shape index (κ1) is 18.1. The molecule has 0 saturated heterocycles. The van der Waals surface area contributed by atoms with Crippen molar-refractivity contribution in [3.05, 3.63) is 94.0 Å². The number of nitrogens with zero attached hydrogens (tertiary/aromatic N) is 2. The molecular weight excluding hydrogens is 342 g/mol. The largest absolute Gasteiger partial charge is 0.507 e. The topological polar surface area (TPSA) is 87.8 Å². The highest BCUT2D eigenvalue weighted by Crippen LogP contribution is 2.23. The van der Waals surface area contributed by atoms with E-state index < -0.39 is 4.92 Å². The van der Waals surface area contributed by atoms with Gasteiger partial charge in [0.15, 0.2) is 0 Å². The smallest absolute Gasteiger partial charge is 0.270 e. The molecule has 27 heavy (non-hydrogen) atoms. The summed E-state index contributed by atoms with van der Waals surface area (Å²) in [5, 5.41) is 24.0. The number of aromatic hydroxyl groups is 1. The third-order valence-electron chi connectivity index (χ3n) is 4.03. The molecule has 0 aliphatic carbocycles. The molecule has 3 rings (SSSR count). The number of hydrogen-bond acceptors (Lipinski definition) is 5. The van der Waals surface area contributed by atoms with Crippen molar-refractivity contribution >= 4 is 23.3 Å². The molecule has 0 heterocycles. The fourth-order valence-electron chi connectivity index (χ4n) is 2.56. The van der Waals surface area contributed by atoms with Gasteiger partial charge in [-0.3, -0.25) is 15.1 Å². The third-order valence-corrected chi connectivity index (χ3v) is 4.03. The van der Waals surface area contributed by atoms with Crippen molar-refractivity contribution in [1.29, 1.82) is 0 Å². The van der Waals surface area contributed by atoms with Gasteiger partial charge in [-0.15, -0.1) is 0 Å². The second kappa shape index (κ2) is 8.62. The predicted octanol–water partition coefficient (Wildman–Crippen LogP) is 4.71. The summed E-state index contributed by atoms with van der Waals surface area (Å²) in [5.74, 6) is -0.0523. The quantitative estimate of drug-likeness (QED) is 0.362. The number of nitro benzene ring substituents is 1. The van der Waals surface area contributed by atoms with Gasteiger partial charge in [-0.1, -0.05) is 30.3 Å². The normalized spacial score (nSPS) is 10.8. The van der Waals surface area contributed by atoms with Crippen LogP contribution in [0, 0.1) is 10.1 Å². The van der Waals surface area contributed by atoms with Crippen LogP contribution in [0.1, 0.15) is 11.1 Å². The first-order chi connectivity index (χ1) is 13.1. The molecule has 0 fully saturated rings. The van der Waals surface area contributed by atoms with Crippen LogP contribution in [0.25, 0.3) is 0 Å². The summed E-state index contributed by atoms with van der Waals surface area (Å²) in [5.41, 5.74) is 3.17. The van der Waals surface area contributed by atoms with Gasteiger partial charge in [-0.25, -0.2) is 0 Å². The summed E-state index contributed by atoms with van der Waals surface area (Å²) in [6.07, 6.45) is 2.35. The van der Waals surface area contributed by atoms with Crippen molar-refractivity contribution in [2.75, 3.05) is 11.9 Å². The van der Waals surface area contributed by atoms with E-state index >= 15 is 0 Å². The van der Waals surface area contributed by atoms with Gasteiger partial charge in [0.05, 0.1) is 10.6 Å².